The van der Waals surface area contributed by atoms with Crippen molar-refractivity contribution < 1.29 is 17.9 Å². The molecule has 2 aromatic carbocycles. The van der Waals surface area contributed by atoms with Gasteiger partial charge in [0.2, 0.25) is 10.0 Å². The summed E-state index contributed by atoms with van der Waals surface area (Å²) >= 11 is 0. The summed E-state index contributed by atoms with van der Waals surface area (Å²) < 4.78 is 32.7. The molecule has 0 fully saturated rings. The Labute approximate surface area is 177 Å². The third-order valence-corrected chi connectivity index (χ3v) is 7.26. The van der Waals surface area contributed by atoms with E-state index in [1.807, 2.05) is 0 Å². The molecule has 0 N–H and O–H groups in total. The Morgan fingerprint density at radius 1 is 1.23 bits per heavy atom. The summed E-state index contributed by atoms with van der Waals surface area (Å²) in [6.07, 6.45) is -0.214. The lowest BCUT2D eigenvalue weighted by molar-refractivity contribution is -0.124. The molecular formula is C22H25N3O4S. The predicted octanol–water partition coefficient (Wildman–Crippen LogP) is 2.95. The molecule has 3 rings (SSSR count). The van der Waals surface area contributed by atoms with Crippen molar-refractivity contribution in [1.29, 1.82) is 5.26 Å². The van der Waals surface area contributed by atoms with Crippen molar-refractivity contribution >= 4 is 21.6 Å². The van der Waals surface area contributed by atoms with Crippen molar-refractivity contribution in [3.63, 3.8) is 0 Å². The van der Waals surface area contributed by atoms with Gasteiger partial charge in [0.1, 0.15) is 11.8 Å². The zero-order valence-corrected chi connectivity index (χ0v) is 18.1. The molecule has 1 amide bonds. The Kier molecular flexibility index (Phi) is 6.44. The molecule has 0 radical (unpaired) electrons. The van der Waals surface area contributed by atoms with Crippen LogP contribution in [0, 0.1) is 11.3 Å². The molecule has 1 aliphatic heterocycles. The molecular weight excluding hydrogens is 402 g/mol. The highest BCUT2D eigenvalue weighted by atomic mass is 32.2. The first-order valence-corrected chi connectivity index (χ1v) is 11.4. The van der Waals surface area contributed by atoms with Crippen LogP contribution < -0.4 is 9.64 Å². The molecule has 1 heterocycles. The van der Waals surface area contributed by atoms with Gasteiger partial charge in [-0.2, -0.15) is 9.57 Å². The number of hydrogen-bond donors (Lipinski definition) is 0. The number of carbonyl (C=O) groups is 1. The van der Waals surface area contributed by atoms with Crippen LogP contribution in [0.2, 0.25) is 0 Å². The van der Waals surface area contributed by atoms with Gasteiger partial charge in [0.15, 0.2) is 6.10 Å². The minimum absolute atomic E-state index is 0.235. The van der Waals surface area contributed by atoms with Gasteiger partial charge >= 0.3 is 0 Å². The average molecular weight is 428 g/mol. The molecule has 1 atom stereocenters. The highest BCUT2D eigenvalue weighted by Crippen LogP contribution is 2.32. The van der Waals surface area contributed by atoms with E-state index in [1.54, 1.807) is 68.1 Å². The number of hydrogen-bond acceptors (Lipinski definition) is 5. The van der Waals surface area contributed by atoms with Crippen LogP contribution in [0.5, 0.6) is 5.75 Å². The third kappa shape index (κ3) is 4.04. The Balaban J connectivity index is 1.81. The summed E-state index contributed by atoms with van der Waals surface area (Å²) in [5.74, 6) is 0.127. The van der Waals surface area contributed by atoms with Gasteiger partial charge in [-0.15, -0.1) is 0 Å². The number of rotatable bonds is 7. The van der Waals surface area contributed by atoms with Crippen molar-refractivity contribution in [2.45, 2.75) is 38.2 Å². The van der Waals surface area contributed by atoms with E-state index in [2.05, 4.69) is 6.07 Å². The van der Waals surface area contributed by atoms with E-state index in [0.717, 1.165) is 5.56 Å². The number of ether oxygens (including phenoxy) is 1. The van der Waals surface area contributed by atoms with Crippen LogP contribution in [-0.2, 0) is 21.2 Å². The van der Waals surface area contributed by atoms with E-state index in [0.29, 0.717) is 43.1 Å². The maximum atomic E-state index is 13.0. The van der Waals surface area contributed by atoms with Crippen LogP contribution in [0.25, 0.3) is 0 Å². The van der Waals surface area contributed by atoms with E-state index in [-0.39, 0.29) is 10.8 Å². The second-order valence-corrected chi connectivity index (χ2v) is 8.93. The lowest BCUT2D eigenvalue weighted by Crippen LogP contribution is -2.39. The van der Waals surface area contributed by atoms with Gasteiger partial charge in [-0.3, -0.25) is 4.79 Å². The Hall–Kier alpha value is -2.89. The molecule has 0 aliphatic carbocycles. The number of anilines is 1. The molecule has 1 aliphatic rings. The van der Waals surface area contributed by atoms with Crippen molar-refractivity contribution in [2.24, 2.45) is 0 Å². The number of sulfonamides is 1. The zero-order valence-electron chi connectivity index (χ0n) is 17.3. The van der Waals surface area contributed by atoms with Gasteiger partial charge in [-0.05, 0) is 49.2 Å². The fourth-order valence-corrected chi connectivity index (χ4v) is 5.11. The summed E-state index contributed by atoms with van der Waals surface area (Å²) in [6, 6.07) is 13.7. The second-order valence-electron chi connectivity index (χ2n) is 6.99. The smallest absolute Gasteiger partial charge is 0.267 e. The van der Waals surface area contributed by atoms with Gasteiger partial charge in [-0.1, -0.05) is 26.0 Å². The van der Waals surface area contributed by atoms with Gasteiger partial charge in [0, 0.05) is 25.3 Å². The van der Waals surface area contributed by atoms with Crippen molar-refractivity contribution in [3.05, 3.63) is 53.6 Å². The van der Waals surface area contributed by atoms with Crippen LogP contribution >= 0.6 is 0 Å². The normalized spacial score (nSPS) is 14.3. The number of amides is 1. The fourth-order valence-electron chi connectivity index (χ4n) is 3.60. The summed E-state index contributed by atoms with van der Waals surface area (Å²) in [7, 11) is -3.55. The van der Waals surface area contributed by atoms with Gasteiger partial charge in [0.05, 0.1) is 10.5 Å². The van der Waals surface area contributed by atoms with E-state index in [1.165, 1.54) is 4.31 Å². The molecule has 2 aromatic rings. The maximum absolute atomic E-state index is 13.0. The monoisotopic (exact) mass is 427 g/mol. The van der Waals surface area contributed by atoms with E-state index < -0.39 is 16.1 Å². The van der Waals surface area contributed by atoms with Crippen LogP contribution in [0.3, 0.4) is 0 Å². The second kappa shape index (κ2) is 8.86. The maximum Gasteiger partial charge on any atom is 0.267 e. The fraction of sp³-hybridized carbons (Fsp3) is 0.364. The molecule has 158 valence electrons. The zero-order chi connectivity index (χ0) is 21.9. The predicted molar refractivity (Wildman–Crippen MR) is 114 cm³/mol. The minimum Gasteiger partial charge on any atom is -0.479 e. The summed E-state index contributed by atoms with van der Waals surface area (Å²) in [5.41, 5.74) is 1.88. The minimum atomic E-state index is -3.55. The molecule has 0 bridgehead atoms. The molecule has 0 saturated carbocycles. The summed E-state index contributed by atoms with van der Waals surface area (Å²) in [4.78, 5) is 14.8. The number of nitrogens with zero attached hydrogens (tertiary/aromatic N) is 3. The standard InChI is InChI=1S/C22H25N3O4S/c1-4-24(5-2)30(27,28)19-10-11-20-17(14-19)12-13-25(20)22(26)16(3)29-21-9-7-6-8-18(21)15-23/h6-11,14,16H,4-5,12-13H2,1-3H3. The van der Waals surface area contributed by atoms with Crippen LogP contribution in [0.4, 0.5) is 5.69 Å². The van der Waals surface area contributed by atoms with Gasteiger partial charge < -0.3 is 9.64 Å². The molecule has 0 spiro atoms. The first-order valence-electron chi connectivity index (χ1n) is 9.93. The van der Waals surface area contributed by atoms with E-state index in [4.69, 9.17) is 4.74 Å². The Morgan fingerprint density at radius 2 is 1.93 bits per heavy atom. The lowest BCUT2D eigenvalue weighted by atomic mass is 10.2. The topological polar surface area (TPSA) is 90.7 Å². The Morgan fingerprint density at radius 3 is 2.60 bits per heavy atom. The summed E-state index contributed by atoms with van der Waals surface area (Å²) in [6.45, 7) is 6.52. The van der Waals surface area contributed by atoms with Crippen molar-refractivity contribution in [2.75, 3.05) is 24.5 Å². The first-order chi connectivity index (χ1) is 14.3. The van der Waals surface area contributed by atoms with Crippen molar-refractivity contribution in [3.8, 4) is 11.8 Å². The third-order valence-electron chi connectivity index (χ3n) is 5.21. The molecule has 8 heteroatoms. The number of nitriles is 1. The molecule has 30 heavy (non-hydrogen) atoms. The van der Waals surface area contributed by atoms with E-state index >= 15 is 0 Å². The number of para-hydroxylation sites is 1. The lowest BCUT2D eigenvalue weighted by Gasteiger charge is -2.23. The van der Waals surface area contributed by atoms with Gasteiger partial charge in [-0.25, -0.2) is 8.42 Å². The number of fused-ring (bicyclic) bond motifs is 1. The molecule has 1 unspecified atom stereocenters. The quantitative estimate of drug-likeness (QED) is 0.678. The Bertz CT molecular complexity index is 1090. The molecule has 0 aromatic heterocycles. The molecule has 7 nitrogen and oxygen atoms in total. The molecule has 0 saturated heterocycles. The van der Waals surface area contributed by atoms with Gasteiger partial charge in [0.25, 0.3) is 5.91 Å². The van der Waals surface area contributed by atoms with Crippen molar-refractivity contribution in [1.82, 2.24) is 4.31 Å². The number of carbonyl (C=O) groups excluding carboxylic acids is 1. The SMILES string of the molecule is CCN(CC)S(=O)(=O)c1ccc2c(c1)CCN2C(=O)C(C)Oc1ccccc1C#N. The highest BCUT2D eigenvalue weighted by Gasteiger charge is 2.31. The highest BCUT2D eigenvalue weighted by molar-refractivity contribution is 7.89. The summed E-state index contributed by atoms with van der Waals surface area (Å²) in [5, 5.41) is 9.20. The van der Waals surface area contributed by atoms with Crippen LogP contribution in [0.1, 0.15) is 31.9 Å². The van der Waals surface area contributed by atoms with Crippen LogP contribution in [-0.4, -0.2) is 44.4 Å². The van der Waals surface area contributed by atoms with Crippen LogP contribution in [0.15, 0.2) is 47.4 Å². The largest absolute Gasteiger partial charge is 0.479 e. The first kappa shape index (κ1) is 21.8. The number of benzene rings is 2. The van der Waals surface area contributed by atoms with E-state index in [9.17, 15) is 18.5 Å². The average Bonchev–Trinajstić information content (AvgIpc) is 3.17.